The van der Waals surface area contributed by atoms with E-state index in [2.05, 4.69) is 10.6 Å². The predicted octanol–water partition coefficient (Wildman–Crippen LogP) is 1.33. The SMILES string of the molecule is CC(C)NCC(O)COc1ccc(OCC(=O)NC(C)C)cc1. The van der Waals surface area contributed by atoms with Crippen LogP contribution in [0, 0.1) is 0 Å². The van der Waals surface area contributed by atoms with E-state index in [0.29, 0.717) is 24.1 Å². The van der Waals surface area contributed by atoms with Crippen molar-refractivity contribution in [1.29, 1.82) is 0 Å². The van der Waals surface area contributed by atoms with Crippen molar-refractivity contribution in [2.45, 2.75) is 45.9 Å². The lowest BCUT2D eigenvalue weighted by molar-refractivity contribution is -0.123. The summed E-state index contributed by atoms with van der Waals surface area (Å²) >= 11 is 0. The minimum Gasteiger partial charge on any atom is -0.491 e. The Morgan fingerprint density at radius 3 is 2.13 bits per heavy atom. The van der Waals surface area contributed by atoms with E-state index in [-0.39, 0.29) is 25.2 Å². The second-order valence-corrected chi connectivity index (χ2v) is 6.01. The molecular formula is C17H28N2O4. The van der Waals surface area contributed by atoms with Gasteiger partial charge in [0.1, 0.15) is 24.2 Å². The summed E-state index contributed by atoms with van der Waals surface area (Å²) in [7, 11) is 0. The Balaban J connectivity index is 2.31. The average Bonchev–Trinajstić information content (AvgIpc) is 2.49. The number of amides is 1. The van der Waals surface area contributed by atoms with E-state index in [4.69, 9.17) is 9.47 Å². The first-order valence-corrected chi connectivity index (χ1v) is 7.93. The Hall–Kier alpha value is -1.79. The number of rotatable bonds is 10. The summed E-state index contributed by atoms with van der Waals surface area (Å²) in [5.74, 6) is 1.09. The zero-order valence-corrected chi connectivity index (χ0v) is 14.3. The van der Waals surface area contributed by atoms with Crippen LogP contribution in [0.25, 0.3) is 0 Å². The third-order valence-corrected chi connectivity index (χ3v) is 2.85. The minimum absolute atomic E-state index is 0.0159. The molecule has 0 saturated carbocycles. The van der Waals surface area contributed by atoms with Crippen LogP contribution in [-0.2, 0) is 4.79 Å². The number of aliphatic hydroxyl groups is 1. The van der Waals surface area contributed by atoms with Gasteiger partial charge in [-0.2, -0.15) is 0 Å². The third-order valence-electron chi connectivity index (χ3n) is 2.85. The first kappa shape index (κ1) is 19.3. The molecule has 0 saturated heterocycles. The number of benzene rings is 1. The Kier molecular flexibility index (Phi) is 8.43. The summed E-state index contributed by atoms with van der Waals surface area (Å²) in [6.45, 7) is 8.53. The zero-order chi connectivity index (χ0) is 17.2. The molecule has 1 atom stereocenters. The van der Waals surface area contributed by atoms with Crippen molar-refractivity contribution in [2.24, 2.45) is 0 Å². The van der Waals surface area contributed by atoms with Crippen LogP contribution in [0.15, 0.2) is 24.3 Å². The molecule has 1 aromatic carbocycles. The van der Waals surface area contributed by atoms with Gasteiger partial charge in [0.15, 0.2) is 6.61 Å². The van der Waals surface area contributed by atoms with Crippen molar-refractivity contribution in [3.63, 3.8) is 0 Å². The Bertz CT molecular complexity index is 460. The van der Waals surface area contributed by atoms with Crippen LogP contribution in [0.1, 0.15) is 27.7 Å². The summed E-state index contributed by atoms with van der Waals surface area (Å²) in [6, 6.07) is 7.39. The van der Waals surface area contributed by atoms with E-state index in [0.717, 1.165) is 0 Å². The molecule has 0 bridgehead atoms. The van der Waals surface area contributed by atoms with Gasteiger partial charge in [-0.15, -0.1) is 0 Å². The molecule has 0 aliphatic carbocycles. The van der Waals surface area contributed by atoms with E-state index in [1.807, 2.05) is 27.7 Å². The summed E-state index contributed by atoms with van der Waals surface area (Å²) < 4.78 is 10.9. The van der Waals surface area contributed by atoms with Crippen molar-refractivity contribution in [2.75, 3.05) is 19.8 Å². The van der Waals surface area contributed by atoms with E-state index < -0.39 is 6.10 Å². The molecule has 6 heteroatoms. The van der Waals surface area contributed by atoms with E-state index in [1.54, 1.807) is 24.3 Å². The molecule has 0 heterocycles. The van der Waals surface area contributed by atoms with Crippen molar-refractivity contribution < 1.29 is 19.4 Å². The normalized spacial score (nSPS) is 12.3. The topological polar surface area (TPSA) is 79.8 Å². The van der Waals surface area contributed by atoms with E-state index in [1.165, 1.54) is 0 Å². The summed E-state index contributed by atoms with van der Waals surface area (Å²) in [5, 5.41) is 15.7. The molecule has 1 unspecified atom stereocenters. The molecule has 0 aliphatic rings. The van der Waals surface area contributed by atoms with Crippen molar-refractivity contribution in [3.05, 3.63) is 24.3 Å². The summed E-state index contributed by atoms with van der Waals surface area (Å²) in [4.78, 5) is 11.5. The number of nitrogens with one attached hydrogen (secondary N) is 2. The van der Waals surface area contributed by atoms with Gasteiger partial charge in [0.2, 0.25) is 0 Å². The summed E-state index contributed by atoms with van der Waals surface area (Å²) in [6.07, 6.45) is -0.562. The molecule has 1 amide bonds. The predicted molar refractivity (Wildman–Crippen MR) is 89.9 cm³/mol. The molecule has 0 aliphatic heterocycles. The van der Waals surface area contributed by atoms with Gasteiger partial charge >= 0.3 is 0 Å². The maximum Gasteiger partial charge on any atom is 0.258 e. The van der Waals surface area contributed by atoms with Gasteiger partial charge in [-0.25, -0.2) is 0 Å². The maximum atomic E-state index is 11.5. The molecule has 6 nitrogen and oxygen atoms in total. The van der Waals surface area contributed by atoms with Gasteiger partial charge in [-0.1, -0.05) is 13.8 Å². The fourth-order valence-electron chi connectivity index (χ4n) is 1.77. The number of aliphatic hydroxyl groups excluding tert-OH is 1. The maximum absolute atomic E-state index is 11.5. The van der Waals surface area contributed by atoms with Crippen LogP contribution in [0.4, 0.5) is 0 Å². The monoisotopic (exact) mass is 324 g/mol. The highest BCUT2D eigenvalue weighted by atomic mass is 16.5. The zero-order valence-electron chi connectivity index (χ0n) is 14.3. The lowest BCUT2D eigenvalue weighted by Crippen LogP contribution is -2.35. The van der Waals surface area contributed by atoms with E-state index >= 15 is 0 Å². The average molecular weight is 324 g/mol. The Morgan fingerprint density at radius 1 is 1.04 bits per heavy atom. The van der Waals surface area contributed by atoms with Gasteiger partial charge in [-0.05, 0) is 38.1 Å². The fourth-order valence-corrected chi connectivity index (χ4v) is 1.77. The molecular weight excluding hydrogens is 296 g/mol. The van der Waals surface area contributed by atoms with Crippen LogP contribution in [-0.4, -0.2) is 49.0 Å². The Labute approximate surface area is 138 Å². The number of carbonyl (C=O) groups is 1. The molecule has 1 aromatic rings. The number of hydrogen-bond acceptors (Lipinski definition) is 5. The van der Waals surface area contributed by atoms with Crippen molar-refractivity contribution in [3.8, 4) is 11.5 Å². The van der Waals surface area contributed by atoms with Crippen LogP contribution in [0.2, 0.25) is 0 Å². The van der Waals surface area contributed by atoms with Gasteiger partial charge < -0.3 is 25.2 Å². The molecule has 0 radical (unpaired) electrons. The quantitative estimate of drug-likeness (QED) is 0.605. The largest absolute Gasteiger partial charge is 0.491 e. The molecule has 23 heavy (non-hydrogen) atoms. The van der Waals surface area contributed by atoms with E-state index in [9.17, 15) is 9.90 Å². The fraction of sp³-hybridized carbons (Fsp3) is 0.588. The highest BCUT2D eigenvalue weighted by Gasteiger charge is 2.07. The van der Waals surface area contributed by atoms with Crippen LogP contribution >= 0.6 is 0 Å². The second kappa shape index (κ2) is 10.1. The first-order chi connectivity index (χ1) is 10.9. The minimum atomic E-state index is -0.562. The van der Waals surface area contributed by atoms with Gasteiger partial charge in [0.25, 0.3) is 5.91 Å². The lowest BCUT2D eigenvalue weighted by Gasteiger charge is -2.15. The summed E-state index contributed by atoms with van der Waals surface area (Å²) in [5.41, 5.74) is 0. The number of hydrogen-bond donors (Lipinski definition) is 3. The van der Waals surface area contributed by atoms with Crippen LogP contribution in [0.3, 0.4) is 0 Å². The van der Waals surface area contributed by atoms with Crippen molar-refractivity contribution in [1.82, 2.24) is 10.6 Å². The molecule has 0 fully saturated rings. The lowest BCUT2D eigenvalue weighted by atomic mass is 10.3. The highest BCUT2D eigenvalue weighted by Crippen LogP contribution is 2.17. The van der Waals surface area contributed by atoms with Gasteiger partial charge in [0, 0.05) is 18.6 Å². The molecule has 130 valence electrons. The van der Waals surface area contributed by atoms with Crippen molar-refractivity contribution >= 4 is 5.91 Å². The molecule has 1 rings (SSSR count). The van der Waals surface area contributed by atoms with Gasteiger partial charge in [0.05, 0.1) is 0 Å². The number of carbonyl (C=O) groups excluding carboxylic acids is 1. The molecule has 0 spiro atoms. The Morgan fingerprint density at radius 2 is 1.61 bits per heavy atom. The standard InChI is InChI=1S/C17H28N2O4/c1-12(2)18-9-14(20)10-22-15-5-7-16(8-6-15)23-11-17(21)19-13(3)4/h5-8,12-14,18,20H,9-11H2,1-4H3,(H,19,21). The van der Waals surface area contributed by atoms with Crippen LogP contribution < -0.4 is 20.1 Å². The third kappa shape index (κ3) is 9.05. The first-order valence-electron chi connectivity index (χ1n) is 7.93. The molecule has 0 aromatic heterocycles. The smallest absolute Gasteiger partial charge is 0.258 e. The highest BCUT2D eigenvalue weighted by molar-refractivity contribution is 5.77. The second-order valence-electron chi connectivity index (χ2n) is 6.01. The molecule has 3 N–H and O–H groups in total. The van der Waals surface area contributed by atoms with Gasteiger partial charge in [-0.3, -0.25) is 4.79 Å². The number of ether oxygens (including phenoxy) is 2. The van der Waals surface area contributed by atoms with Crippen LogP contribution in [0.5, 0.6) is 11.5 Å².